The van der Waals surface area contributed by atoms with E-state index in [4.69, 9.17) is 4.74 Å². The van der Waals surface area contributed by atoms with Gasteiger partial charge in [0.2, 0.25) is 0 Å². The number of aliphatic hydroxyl groups is 1. The van der Waals surface area contributed by atoms with Gasteiger partial charge in [0.05, 0.1) is 6.10 Å². The van der Waals surface area contributed by atoms with Crippen molar-refractivity contribution in [3.05, 3.63) is 101 Å². The molecular weight excluding hydrogens is 322 g/mol. The Balaban J connectivity index is 1.50. The zero-order valence-corrected chi connectivity index (χ0v) is 15.1. The Hall–Kier alpha value is -2.62. The number of ether oxygens (including phenoxy) is 1. The maximum absolute atomic E-state index is 10.2. The summed E-state index contributed by atoms with van der Waals surface area (Å²) in [5.74, 6) is 0.858. The van der Waals surface area contributed by atoms with E-state index >= 15 is 0 Å². The van der Waals surface area contributed by atoms with E-state index in [1.54, 1.807) is 0 Å². The highest BCUT2D eigenvalue weighted by Crippen LogP contribution is 2.17. The Morgan fingerprint density at radius 1 is 0.923 bits per heavy atom. The van der Waals surface area contributed by atoms with Crippen LogP contribution >= 0.6 is 0 Å². The topological polar surface area (TPSA) is 41.5 Å². The Morgan fingerprint density at radius 3 is 2.50 bits per heavy atom. The molecule has 2 N–H and O–H groups in total. The summed E-state index contributed by atoms with van der Waals surface area (Å²) in [6.45, 7) is 3.86. The van der Waals surface area contributed by atoms with E-state index in [-0.39, 0.29) is 0 Å². The van der Waals surface area contributed by atoms with Gasteiger partial charge in [0.15, 0.2) is 0 Å². The Labute approximate surface area is 155 Å². The van der Waals surface area contributed by atoms with E-state index < -0.39 is 6.10 Å². The minimum absolute atomic E-state index is 0.503. The van der Waals surface area contributed by atoms with Gasteiger partial charge in [-0.2, -0.15) is 0 Å². The molecule has 1 unspecified atom stereocenters. The summed E-state index contributed by atoms with van der Waals surface area (Å²) in [6.07, 6.45) is -0.503. The summed E-state index contributed by atoms with van der Waals surface area (Å²) < 4.78 is 5.93. The minimum atomic E-state index is -0.503. The van der Waals surface area contributed by atoms with Gasteiger partial charge < -0.3 is 15.2 Å². The number of hydrogen-bond donors (Lipinski definition) is 2. The molecule has 0 fully saturated rings. The molecule has 3 heteroatoms. The highest BCUT2D eigenvalue weighted by Gasteiger charge is 2.06. The van der Waals surface area contributed by atoms with Crippen LogP contribution < -0.4 is 10.1 Å². The molecule has 3 nitrogen and oxygen atoms in total. The minimum Gasteiger partial charge on any atom is -0.489 e. The van der Waals surface area contributed by atoms with Crippen molar-refractivity contribution in [2.24, 2.45) is 0 Å². The third-order valence-electron chi connectivity index (χ3n) is 4.41. The van der Waals surface area contributed by atoms with Gasteiger partial charge in [-0.15, -0.1) is 0 Å². The summed E-state index contributed by atoms with van der Waals surface area (Å²) in [6, 6.07) is 26.0. The monoisotopic (exact) mass is 347 g/mol. The predicted octanol–water partition coefficient (Wildman–Crippen LogP) is 4.40. The van der Waals surface area contributed by atoms with E-state index in [0.29, 0.717) is 19.7 Å². The Morgan fingerprint density at radius 2 is 1.69 bits per heavy atom. The summed E-state index contributed by atoms with van der Waals surface area (Å²) in [5, 5.41) is 13.5. The van der Waals surface area contributed by atoms with E-state index in [1.807, 2.05) is 60.7 Å². The van der Waals surface area contributed by atoms with Crippen LogP contribution in [0.1, 0.15) is 28.4 Å². The van der Waals surface area contributed by atoms with Gasteiger partial charge in [0.1, 0.15) is 12.4 Å². The zero-order chi connectivity index (χ0) is 18.2. The van der Waals surface area contributed by atoms with Gasteiger partial charge in [0, 0.05) is 13.1 Å². The first-order valence-corrected chi connectivity index (χ1v) is 8.92. The number of aryl methyl sites for hydroxylation is 1. The second kappa shape index (κ2) is 9.18. The van der Waals surface area contributed by atoms with Crippen molar-refractivity contribution in [3.8, 4) is 5.75 Å². The molecule has 0 saturated heterocycles. The molecule has 0 heterocycles. The molecule has 3 rings (SSSR count). The SMILES string of the molecule is Cc1ccccc1COc1cccc(CNCC(O)c2ccccc2)c1. The fourth-order valence-corrected chi connectivity index (χ4v) is 2.82. The Kier molecular flexibility index (Phi) is 6.42. The van der Waals surface area contributed by atoms with Gasteiger partial charge in [-0.05, 0) is 41.3 Å². The molecule has 0 bridgehead atoms. The van der Waals surface area contributed by atoms with Crippen molar-refractivity contribution in [2.75, 3.05) is 6.54 Å². The normalized spacial score (nSPS) is 11.9. The zero-order valence-electron chi connectivity index (χ0n) is 15.1. The second-order valence-electron chi connectivity index (χ2n) is 6.42. The van der Waals surface area contributed by atoms with Crippen molar-refractivity contribution in [3.63, 3.8) is 0 Å². The Bertz CT molecular complexity index is 817. The molecule has 0 aliphatic heterocycles. The third kappa shape index (κ3) is 5.19. The summed E-state index contributed by atoms with van der Waals surface area (Å²) >= 11 is 0. The quantitative estimate of drug-likeness (QED) is 0.635. The molecule has 3 aromatic carbocycles. The molecule has 0 amide bonds. The van der Waals surface area contributed by atoms with Crippen LogP contribution in [0.2, 0.25) is 0 Å². The summed E-state index contributed by atoms with van der Waals surface area (Å²) in [5.41, 5.74) is 4.49. The molecule has 0 saturated carbocycles. The van der Waals surface area contributed by atoms with Crippen LogP contribution in [0.25, 0.3) is 0 Å². The first-order valence-electron chi connectivity index (χ1n) is 8.92. The maximum Gasteiger partial charge on any atom is 0.120 e. The lowest BCUT2D eigenvalue weighted by Gasteiger charge is -2.13. The molecular formula is C23H25NO2. The smallest absolute Gasteiger partial charge is 0.120 e. The summed E-state index contributed by atoms with van der Waals surface area (Å²) in [4.78, 5) is 0. The van der Waals surface area contributed by atoms with Crippen molar-refractivity contribution in [2.45, 2.75) is 26.2 Å². The van der Waals surface area contributed by atoms with Crippen molar-refractivity contribution >= 4 is 0 Å². The molecule has 0 aromatic heterocycles. The van der Waals surface area contributed by atoms with Gasteiger partial charge >= 0.3 is 0 Å². The van der Waals surface area contributed by atoms with Gasteiger partial charge in [0.25, 0.3) is 0 Å². The fraction of sp³-hybridized carbons (Fsp3) is 0.217. The molecule has 0 aliphatic carbocycles. The van der Waals surface area contributed by atoms with E-state index in [9.17, 15) is 5.11 Å². The lowest BCUT2D eigenvalue weighted by Crippen LogP contribution is -2.21. The maximum atomic E-state index is 10.2. The van der Waals surface area contributed by atoms with Crippen LogP contribution in [0.4, 0.5) is 0 Å². The molecule has 1 atom stereocenters. The molecule has 0 radical (unpaired) electrons. The van der Waals surface area contributed by atoms with Gasteiger partial charge in [-0.25, -0.2) is 0 Å². The average molecular weight is 347 g/mol. The van der Waals surface area contributed by atoms with Crippen LogP contribution in [-0.4, -0.2) is 11.7 Å². The number of hydrogen-bond acceptors (Lipinski definition) is 3. The van der Waals surface area contributed by atoms with Crippen LogP contribution in [0.5, 0.6) is 5.75 Å². The number of benzene rings is 3. The number of rotatable bonds is 8. The average Bonchev–Trinajstić information content (AvgIpc) is 2.68. The molecule has 26 heavy (non-hydrogen) atoms. The van der Waals surface area contributed by atoms with Crippen LogP contribution in [0, 0.1) is 6.92 Å². The number of aliphatic hydroxyl groups excluding tert-OH is 1. The lowest BCUT2D eigenvalue weighted by atomic mass is 10.1. The van der Waals surface area contributed by atoms with E-state index in [0.717, 1.165) is 16.9 Å². The standard InChI is InChI=1S/C23H25NO2/c1-18-8-5-6-12-21(18)17-26-22-13-7-9-19(14-22)15-24-16-23(25)20-10-3-2-4-11-20/h2-14,23-25H,15-17H2,1H3. The molecule has 0 spiro atoms. The van der Waals surface area contributed by atoms with Crippen LogP contribution in [0.15, 0.2) is 78.9 Å². The van der Waals surface area contributed by atoms with Gasteiger partial charge in [-0.1, -0.05) is 66.7 Å². The molecule has 3 aromatic rings. The van der Waals surface area contributed by atoms with Crippen molar-refractivity contribution < 1.29 is 9.84 Å². The lowest BCUT2D eigenvalue weighted by molar-refractivity contribution is 0.174. The molecule has 0 aliphatic rings. The summed E-state index contributed by atoms with van der Waals surface area (Å²) in [7, 11) is 0. The first-order chi connectivity index (χ1) is 12.7. The van der Waals surface area contributed by atoms with E-state index in [1.165, 1.54) is 11.1 Å². The largest absolute Gasteiger partial charge is 0.489 e. The first kappa shape index (κ1) is 18.2. The van der Waals surface area contributed by atoms with Gasteiger partial charge in [-0.3, -0.25) is 0 Å². The second-order valence-corrected chi connectivity index (χ2v) is 6.42. The van der Waals surface area contributed by atoms with Crippen molar-refractivity contribution in [1.29, 1.82) is 0 Å². The van der Waals surface area contributed by atoms with Crippen LogP contribution in [-0.2, 0) is 13.2 Å². The number of nitrogens with one attached hydrogen (secondary N) is 1. The fourth-order valence-electron chi connectivity index (χ4n) is 2.82. The highest BCUT2D eigenvalue weighted by atomic mass is 16.5. The predicted molar refractivity (Wildman–Crippen MR) is 105 cm³/mol. The molecule has 134 valence electrons. The highest BCUT2D eigenvalue weighted by molar-refractivity contribution is 5.30. The third-order valence-corrected chi connectivity index (χ3v) is 4.41. The van der Waals surface area contributed by atoms with Crippen LogP contribution in [0.3, 0.4) is 0 Å². The van der Waals surface area contributed by atoms with E-state index in [2.05, 4.69) is 30.4 Å². The van der Waals surface area contributed by atoms with Crippen molar-refractivity contribution in [1.82, 2.24) is 5.32 Å².